The average molecular weight is 177 g/mol. The lowest BCUT2D eigenvalue weighted by Crippen LogP contribution is -2.51. The zero-order valence-corrected chi connectivity index (χ0v) is 7.69. The van der Waals surface area contributed by atoms with E-state index in [0.717, 1.165) is 26.1 Å². The number of hydrogen-bond donors (Lipinski definition) is 1. The Morgan fingerprint density at radius 2 is 1.92 bits per heavy atom. The van der Waals surface area contributed by atoms with E-state index >= 15 is 0 Å². The molecular formula is C11H15NO. The number of benzene rings is 1. The molecule has 70 valence electrons. The monoisotopic (exact) mass is 177 g/mol. The third kappa shape index (κ3) is 2.29. The van der Waals surface area contributed by atoms with Crippen LogP contribution in [-0.4, -0.2) is 35.7 Å². The molecular weight excluding hydrogens is 162 g/mol. The van der Waals surface area contributed by atoms with Crippen LogP contribution in [0.3, 0.4) is 0 Å². The molecule has 0 saturated carbocycles. The molecule has 1 aliphatic rings. The van der Waals surface area contributed by atoms with E-state index in [4.69, 9.17) is 5.11 Å². The molecule has 0 atom stereocenters. The van der Waals surface area contributed by atoms with E-state index in [1.165, 1.54) is 5.56 Å². The van der Waals surface area contributed by atoms with Crippen LogP contribution in [0, 0.1) is 0 Å². The van der Waals surface area contributed by atoms with E-state index in [9.17, 15) is 0 Å². The van der Waals surface area contributed by atoms with Crippen LogP contribution in [0.4, 0.5) is 0 Å². The lowest BCUT2D eigenvalue weighted by molar-refractivity contribution is 0.00310. The Morgan fingerprint density at radius 1 is 1.23 bits per heavy atom. The molecule has 0 unspecified atom stereocenters. The van der Waals surface area contributed by atoms with Crippen LogP contribution in [0.1, 0.15) is 5.56 Å². The zero-order valence-electron chi connectivity index (χ0n) is 7.69. The fourth-order valence-electron chi connectivity index (χ4n) is 1.66. The number of rotatable bonds is 3. The largest absolute Gasteiger partial charge is 0.390 e. The summed E-state index contributed by atoms with van der Waals surface area (Å²) in [5.41, 5.74) is 1.38. The minimum absolute atomic E-state index is 0.0734. The van der Waals surface area contributed by atoms with E-state index in [1.54, 1.807) is 0 Å². The molecule has 1 aromatic carbocycles. The Morgan fingerprint density at radius 3 is 2.54 bits per heavy atom. The molecule has 13 heavy (non-hydrogen) atoms. The second kappa shape index (κ2) is 3.90. The summed E-state index contributed by atoms with van der Waals surface area (Å²) >= 11 is 0. The van der Waals surface area contributed by atoms with E-state index in [-0.39, 0.29) is 6.10 Å². The minimum atomic E-state index is -0.0734. The number of β-amino-alcohol motifs (C(OH)–C–C–N with tert-alkyl or cyclic N) is 1. The van der Waals surface area contributed by atoms with Crippen LogP contribution in [0.15, 0.2) is 30.3 Å². The molecule has 2 nitrogen and oxygen atoms in total. The van der Waals surface area contributed by atoms with Crippen molar-refractivity contribution in [3.8, 4) is 0 Å². The first-order valence-electron chi connectivity index (χ1n) is 4.79. The summed E-state index contributed by atoms with van der Waals surface area (Å²) in [6.45, 7) is 2.78. The van der Waals surface area contributed by atoms with Gasteiger partial charge in [0.2, 0.25) is 0 Å². The highest BCUT2D eigenvalue weighted by Crippen LogP contribution is 2.08. The second-order valence-electron chi connectivity index (χ2n) is 3.65. The first-order valence-corrected chi connectivity index (χ1v) is 4.79. The van der Waals surface area contributed by atoms with Crippen molar-refractivity contribution in [1.82, 2.24) is 4.90 Å². The molecule has 0 radical (unpaired) electrons. The Kier molecular flexibility index (Phi) is 2.62. The van der Waals surface area contributed by atoms with Gasteiger partial charge in [0.05, 0.1) is 6.10 Å². The summed E-state index contributed by atoms with van der Waals surface area (Å²) in [7, 11) is 0. The van der Waals surface area contributed by atoms with Crippen molar-refractivity contribution in [3.05, 3.63) is 35.9 Å². The summed E-state index contributed by atoms with van der Waals surface area (Å²) in [4.78, 5) is 2.28. The Labute approximate surface area is 78.8 Å². The van der Waals surface area contributed by atoms with Crippen LogP contribution in [0.2, 0.25) is 0 Å². The predicted molar refractivity (Wildman–Crippen MR) is 52.6 cm³/mol. The molecule has 0 spiro atoms. The lowest BCUT2D eigenvalue weighted by atomic mass is 10.1. The van der Waals surface area contributed by atoms with Crippen LogP contribution >= 0.6 is 0 Å². The minimum Gasteiger partial charge on any atom is -0.390 e. The maximum absolute atomic E-state index is 9.07. The molecule has 1 N–H and O–H groups in total. The highest BCUT2D eigenvalue weighted by Gasteiger charge is 2.23. The highest BCUT2D eigenvalue weighted by atomic mass is 16.3. The molecule has 1 heterocycles. The molecule has 2 heteroatoms. The van der Waals surface area contributed by atoms with E-state index in [0.29, 0.717) is 0 Å². The van der Waals surface area contributed by atoms with Crippen molar-refractivity contribution >= 4 is 0 Å². The van der Waals surface area contributed by atoms with Crippen molar-refractivity contribution in [2.45, 2.75) is 12.5 Å². The van der Waals surface area contributed by atoms with Crippen molar-refractivity contribution in [1.29, 1.82) is 0 Å². The summed E-state index contributed by atoms with van der Waals surface area (Å²) in [6.07, 6.45) is 1.02. The summed E-state index contributed by atoms with van der Waals surface area (Å²) in [5, 5.41) is 9.07. The molecule has 1 saturated heterocycles. The van der Waals surface area contributed by atoms with Gasteiger partial charge >= 0.3 is 0 Å². The Balaban J connectivity index is 1.74. The second-order valence-corrected chi connectivity index (χ2v) is 3.65. The van der Waals surface area contributed by atoms with Gasteiger partial charge in [-0.05, 0) is 12.0 Å². The van der Waals surface area contributed by atoms with Crippen molar-refractivity contribution in [2.24, 2.45) is 0 Å². The Hall–Kier alpha value is -0.860. The highest BCUT2D eigenvalue weighted by molar-refractivity contribution is 5.14. The fraction of sp³-hybridized carbons (Fsp3) is 0.455. The Bertz CT molecular complexity index is 254. The normalized spacial score (nSPS) is 18.5. The van der Waals surface area contributed by atoms with Gasteiger partial charge in [0.25, 0.3) is 0 Å². The van der Waals surface area contributed by atoms with Gasteiger partial charge in [-0.25, -0.2) is 0 Å². The molecule has 0 aromatic heterocycles. The van der Waals surface area contributed by atoms with Crippen molar-refractivity contribution in [3.63, 3.8) is 0 Å². The van der Waals surface area contributed by atoms with Crippen molar-refractivity contribution in [2.75, 3.05) is 19.6 Å². The van der Waals surface area contributed by atoms with Gasteiger partial charge in [0.1, 0.15) is 0 Å². The predicted octanol–water partition coefficient (Wildman–Crippen LogP) is 0.906. The van der Waals surface area contributed by atoms with Gasteiger partial charge in [-0.15, -0.1) is 0 Å². The van der Waals surface area contributed by atoms with Crippen LogP contribution < -0.4 is 0 Å². The first kappa shape index (κ1) is 8.73. The van der Waals surface area contributed by atoms with Gasteiger partial charge in [-0.3, -0.25) is 4.90 Å². The number of likely N-dealkylation sites (tertiary alicyclic amines) is 1. The maximum atomic E-state index is 9.07. The molecule has 1 aromatic rings. The summed E-state index contributed by atoms with van der Waals surface area (Å²) < 4.78 is 0. The topological polar surface area (TPSA) is 23.5 Å². The van der Waals surface area contributed by atoms with Gasteiger partial charge in [0.15, 0.2) is 0 Å². The number of aliphatic hydroxyl groups excluding tert-OH is 1. The van der Waals surface area contributed by atoms with Crippen LogP contribution in [-0.2, 0) is 6.42 Å². The SMILES string of the molecule is OC1CN(CCc2ccccc2)C1. The number of hydrogen-bond acceptors (Lipinski definition) is 2. The molecule has 1 aliphatic heterocycles. The standard InChI is InChI=1S/C11H15NO/c13-11-8-12(9-11)7-6-10-4-2-1-3-5-10/h1-5,11,13H,6-9H2. The zero-order chi connectivity index (χ0) is 9.10. The average Bonchev–Trinajstić information content (AvgIpc) is 2.12. The lowest BCUT2D eigenvalue weighted by Gasteiger charge is -2.35. The third-order valence-corrected chi connectivity index (χ3v) is 2.50. The first-order chi connectivity index (χ1) is 6.34. The van der Waals surface area contributed by atoms with E-state index in [2.05, 4.69) is 29.2 Å². The molecule has 2 rings (SSSR count). The molecule has 0 amide bonds. The van der Waals surface area contributed by atoms with Gasteiger partial charge in [-0.1, -0.05) is 30.3 Å². The van der Waals surface area contributed by atoms with E-state index in [1.807, 2.05) is 6.07 Å². The third-order valence-electron chi connectivity index (χ3n) is 2.50. The molecule has 1 fully saturated rings. The van der Waals surface area contributed by atoms with Crippen molar-refractivity contribution < 1.29 is 5.11 Å². The number of aliphatic hydroxyl groups is 1. The quantitative estimate of drug-likeness (QED) is 0.741. The van der Waals surface area contributed by atoms with Gasteiger partial charge < -0.3 is 5.11 Å². The molecule has 0 aliphatic carbocycles. The van der Waals surface area contributed by atoms with Gasteiger partial charge in [-0.2, -0.15) is 0 Å². The van der Waals surface area contributed by atoms with E-state index < -0.39 is 0 Å². The smallest absolute Gasteiger partial charge is 0.0793 e. The summed E-state index contributed by atoms with van der Waals surface area (Å²) in [6, 6.07) is 10.5. The number of nitrogens with zero attached hydrogens (tertiary/aromatic N) is 1. The maximum Gasteiger partial charge on any atom is 0.0793 e. The fourth-order valence-corrected chi connectivity index (χ4v) is 1.66. The van der Waals surface area contributed by atoms with Crippen LogP contribution in [0.5, 0.6) is 0 Å². The molecule has 0 bridgehead atoms. The van der Waals surface area contributed by atoms with Gasteiger partial charge in [0, 0.05) is 19.6 Å². The van der Waals surface area contributed by atoms with Crippen LogP contribution in [0.25, 0.3) is 0 Å². The summed E-state index contributed by atoms with van der Waals surface area (Å²) in [5.74, 6) is 0.